The molecule has 22 heavy (non-hydrogen) atoms. The molecule has 0 saturated heterocycles. The molecule has 108 valence electrons. The van der Waals surface area contributed by atoms with Crippen LogP contribution in [-0.4, -0.2) is 0 Å². The molecule has 0 unspecified atom stereocenters. The molecule has 0 aliphatic heterocycles. The topological polar surface area (TPSA) is 79.0 Å². The fraction of sp³-hybridized carbons (Fsp3) is 0.118. The Balaban J connectivity index is 2.22. The van der Waals surface area contributed by atoms with Crippen LogP contribution in [-0.2, 0) is 6.54 Å². The van der Waals surface area contributed by atoms with Gasteiger partial charge in [0.25, 0.3) is 0 Å². The number of aryl methyl sites for hydroxylation is 1. The first-order valence-corrected chi connectivity index (χ1v) is 6.82. The van der Waals surface area contributed by atoms with Gasteiger partial charge in [0.15, 0.2) is 0 Å². The van der Waals surface area contributed by atoms with Crippen LogP contribution in [0.2, 0.25) is 0 Å². The maximum absolute atomic E-state index is 11.8. The van der Waals surface area contributed by atoms with Crippen molar-refractivity contribution in [1.29, 1.82) is 0 Å². The highest BCUT2D eigenvalue weighted by molar-refractivity contribution is 5.93. The third kappa shape index (κ3) is 2.71. The largest absolute Gasteiger partial charge is 0.423 e. The molecule has 0 amide bonds. The number of fused-ring (bicyclic) bond motifs is 1. The van der Waals surface area contributed by atoms with Crippen LogP contribution >= 0.6 is 0 Å². The molecule has 5 nitrogen and oxygen atoms in total. The zero-order valence-electron chi connectivity index (χ0n) is 12.0. The molecule has 0 aliphatic carbocycles. The van der Waals surface area contributed by atoms with E-state index in [2.05, 4.69) is 10.0 Å². The predicted molar refractivity (Wildman–Crippen MR) is 85.5 cm³/mol. The van der Waals surface area contributed by atoms with E-state index in [9.17, 15) is 4.79 Å². The lowest BCUT2D eigenvalue weighted by atomic mass is 9.99. The van der Waals surface area contributed by atoms with E-state index in [0.717, 1.165) is 27.6 Å². The summed E-state index contributed by atoms with van der Waals surface area (Å²) >= 11 is 0. The van der Waals surface area contributed by atoms with Crippen LogP contribution in [0.3, 0.4) is 0 Å². The first-order chi connectivity index (χ1) is 10.7. The average molecular weight is 291 g/mol. The van der Waals surface area contributed by atoms with Crippen molar-refractivity contribution in [2.45, 2.75) is 13.5 Å². The Morgan fingerprint density at radius 1 is 1.18 bits per heavy atom. The molecule has 0 N–H and O–H groups in total. The Labute approximate surface area is 126 Å². The van der Waals surface area contributed by atoms with Gasteiger partial charge in [-0.2, -0.15) is 0 Å². The van der Waals surface area contributed by atoms with Gasteiger partial charge in [-0.15, -0.1) is 0 Å². The smallest absolute Gasteiger partial charge is 0.336 e. The van der Waals surface area contributed by atoms with Crippen LogP contribution in [0.4, 0.5) is 0 Å². The number of azide groups is 1. The minimum absolute atomic E-state index is 0.227. The lowest BCUT2D eigenvalue weighted by Gasteiger charge is -2.07. The second-order valence-electron chi connectivity index (χ2n) is 5.07. The highest BCUT2D eigenvalue weighted by atomic mass is 16.4. The fourth-order valence-electron chi connectivity index (χ4n) is 2.47. The average Bonchev–Trinajstić information content (AvgIpc) is 2.51. The van der Waals surface area contributed by atoms with E-state index >= 15 is 0 Å². The highest BCUT2D eigenvalue weighted by Gasteiger charge is 2.08. The SMILES string of the molecule is Cc1cccc(-c2cc(=O)oc3cc(CN=[N+]=[N-])ccc23)c1. The van der Waals surface area contributed by atoms with Crippen LogP contribution in [0, 0.1) is 6.92 Å². The Bertz CT molecular complexity index is 954. The van der Waals surface area contributed by atoms with Crippen molar-refractivity contribution >= 4 is 11.0 Å². The molecule has 0 aliphatic rings. The predicted octanol–water partition coefficient (Wildman–Crippen LogP) is 4.58. The second-order valence-corrected chi connectivity index (χ2v) is 5.07. The Morgan fingerprint density at radius 3 is 2.82 bits per heavy atom. The zero-order valence-corrected chi connectivity index (χ0v) is 12.0. The van der Waals surface area contributed by atoms with Gasteiger partial charge in [0.05, 0.1) is 6.54 Å². The van der Waals surface area contributed by atoms with Gasteiger partial charge in [0.2, 0.25) is 0 Å². The molecule has 1 heterocycles. The van der Waals surface area contributed by atoms with Crippen LogP contribution in [0.5, 0.6) is 0 Å². The molecular weight excluding hydrogens is 278 g/mol. The van der Waals surface area contributed by atoms with Gasteiger partial charge in [0.1, 0.15) is 5.58 Å². The van der Waals surface area contributed by atoms with Gasteiger partial charge in [-0.05, 0) is 35.2 Å². The zero-order chi connectivity index (χ0) is 15.5. The molecule has 3 aromatic rings. The molecular formula is C17H13N3O2. The minimum atomic E-state index is -0.398. The maximum Gasteiger partial charge on any atom is 0.336 e. The van der Waals surface area contributed by atoms with Crippen molar-refractivity contribution in [3.8, 4) is 11.1 Å². The summed E-state index contributed by atoms with van der Waals surface area (Å²) in [5, 5.41) is 4.38. The molecule has 2 aromatic carbocycles. The van der Waals surface area contributed by atoms with E-state index in [1.165, 1.54) is 6.07 Å². The Kier molecular flexibility index (Phi) is 3.64. The third-order valence-electron chi connectivity index (χ3n) is 3.45. The van der Waals surface area contributed by atoms with Gasteiger partial charge >= 0.3 is 5.63 Å². The summed E-state index contributed by atoms with van der Waals surface area (Å²) in [4.78, 5) is 14.6. The summed E-state index contributed by atoms with van der Waals surface area (Å²) in [5.74, 6) is 0. The van der Waals surface area contributed by atoms with Gasteiger partial charge in [0, 0.05) is 16.4 Å². The number of nitrogens with zero attached hydrogens (tertiary/aromatic N) is 3. The fourth-order valence-corrected chi connectivity index (χ4v) is 2.47. The monoisotopic (exact) mass is 291 g/mol. The van der Waals surface area contributed by atoms with Crippen LogP contribution in [0.25, 0.3) is 32.5 Å². The van der Waals surface area contributed by atoms with E-state index in [1.54, 1.807) is 6.07 Å². The van der Waals surface area contributed by atoms with Crippen molar-refractivity contribution < 1.29 is 4.42 Å². The molecule has 5 heteroatoms. The number of benzene rings is 2. The number of rotatable bonds is 3. The first kappa shape index (κ1) is 13.9. The van der Waals surface area contributed by atoms with E-state index in [0.29, 0.717) is 5.58 Å². The number of hydrogen-bond donors (Lipinski definition) is 0. The lowest BCUT2D eigenvalue weighted by molar-refractivity contribution is 0.561. The molecule has 3 rings (SSSR count). The van der Waals surface area contributed by atoms with Crippen molar-refractivity contribution in [2.24, 2.45) is 5.11 Å². The molecule has 0 radical (unpaired) electrons. The highest BCUT2D eigenvalue weighted by Crippen LogP contribution is 2.28. The summed E-state index contributed by atoms with van der Waals surface area (Å²) in [6.45, 7) is 2.24. The molecule has 0 bridgehead atoms. The Morgan fingerprint density at radius 2 is 2.05 bits per heavy atom. The molecule has 0 spiro atoms. The van der Waals surface area contributed by atoms with E-state index in [4.69, 9.17) is 9.95 Å². The van der Waals surface area contributed by atoms with Gasteiger partial charge < -0.3 is 4.42 Å². The summed E-state index contributed by atoms with van der Waals surface area (Å²) in [5.41, 5.74) is 12.2. The van der Waals surface area contributed by atoms with Crippen LogP contribution < -0.4 is 5.63 Å². The summed E-state index contributed by atoms with van der Waals surface area (Å²) < 4.78 is 5.28. The summed E-state index contributed by atoms with van der Waals surface area (Å²) in [6.07, 6.45) is 0. The van der Waals surface area contributed by atoms with E-state index in [-0.39, 0.29) is 6.54 Å². The maximum atomic E-state index is 11.8. The molecule has 0 fully saturated rings. The first-order valence-electron chi connectivity index (χ1n) is 6.82. The quantitative estimate of drug-likeness (QED) is 0.306. The summed E-state index contributed by atoms with van der Waals surface area (Å²) in [6, 6.07) is 15.0. The van der Waals surface area contributed by atoms with Crippen molar-refractivity contribution in [3.05, 3.63) is 80.5 Å². The molecule has 1 aromatic heterocycles. The van der Waals surface area contributed by atoms with Crippen LogP contribution in [0.15, 0.2) is 62.9 Å². The van der Waals surface area contributed by atoms with Gasteiger partial charge in [-0.1, -0.05) is 47.1 Å². The van der Waals surface area contributed by atoms with Gasteiger partial charge in [-0.3, -0.25) is 0 Å². The lowest BCUT2D eigenvalue weighted by Crippen LogP contribution is -1.98. The third-order valence-corrected chi connectivity index (χ3v) is 3.45. The van der Waals surface area contributed by atoms with Gasteiger partial charge in [-0.25, -0.2) is 4.79 Å². The van der Waals surface area contributed by atoms with E-state index < -0.39 is 5.63 Å². The van der Waals surface area contributed by atoms with Crippen molar-refractivity contribution in [2.75, 3.05) is 0 Å². The normalized spacial score (nSPS) is 10.4. The summed E-state index contributed by atoms with van der Waals surface area (Å²) in [7, 11) is 0. The minimum Gasteiger partial charge on any atom is -0.423 e. The molecule has 0 atom stereocenters. The van der Waals surface area contributed by atoms with Crippen molar-refractivity contribution in [3.63, 3.8) is 0 Å². The molecule has 0 saturated carbocycles. The standard InChI is InChI=1S/C17H13N3O2/c1-11-3-2-4-13(7-11)15-9-17(21)22-16-8-12(10-19-20-18)5-6-14(15)16/h2-9H,10H2,1H3. The number of hydrogen-bond acceptors (Lipinski definition) is 3. The second kappa shape index (κ2) is 5.76. The van der Waals surface area contributed by atoms with Crippen LogP contribution in [0.1, 0.15) is 11.1 Å². The Hall–Kier alpha value is -3.04. The van der Waals surface area contributed by atoms with E-state index in [1.807, 2.05) is 43.3 Å². The van der Waals surface area contributed by atoms with Crippen molar-refractivity contribution in [1.82, 2.24) is 0 Å².